The van der Waals surface area contributed by atoms with E-state index in [9.17, 15) is 4.79 Å². The van der Waals surface area contributed by atoms with Crippen molar-refractivity contribution in [2.24, 2.45) is 0 Å². The van der Waals surface area contributed by atoms with Crippen molar-refractivity contribution < 1.29 is 19.0 Å². The molecular weight excluding hydrogens is 735 g/mol. The van der Waals surface area contributed by atoms with Gasteiger partial charge in [-0.2, -0.15) is 4.98 Å². The molecule has 5 rings (SSSR count). The molecule has 0 amide bonds. The predicted molar refractivity (Wildman–Crippen MR) is 187 cm³/mol. The predicted octanol–water partition coefficient (Wildman–Crippen LogP) is 9.90. The van der Waals surface area contributed by atoms with Crippen LogP contribution in [0.3, 0.4) is 0 Å². The number of benzene rings is 3. The Morgan fingerprint density at radius 1 is 1.04 bits per heavy atom. The summed E-state index contributed by atoms with van der Waals surface area (Å²) in [5.74, 6) is 1.58. The van der Waals surface area contributed by atoms with Gasteiger partial charge >= 0.3 is 5.97 Å². The summed E-state index contributed by atoms with van der Waals surface area (Å²) in [4.78, 5) is 18.4. The number of halogens is 4. The zero-order valence-electron chi connectivity index (χ0n) is 25.4. The number of thioether (sulfide) groups is 1. The Morgan fingerprint density at radius 2 is 1.78 bits per heavy atom. The highest BCUT2D eigenvalue weighted by atomic mass is 79.9. The molecule has 8 nitrogen and oxygen atoms in total. The van der Waals surface area contributed by atoms with Crippen molar-refractivity contribution in [3.8, 4) is 11.5 Å². The van der Waals surface area contributed by atoms with Crippen LogP contribution in [-0.4, -0.2) is 33.9 Å². The fourth-order valence-electron chi connectivity index (χ4n) is 4.87. The average Bonchev–Trinajstić information content (AvgIpc) is 3.43. The number of anilines is 1. The Labute approximate surface area is 295 Å². The summed E-state index contributed by atoms with van der Waals surface area (Å²) in [6.45, 7) is 6.58. The molecule has 3 aromatic carbocycles. The van der Waals surface area contributed by atoms with Gasteiger partial charge in [-0.25, -0.2) is 9.48 Å². The van der Waals surface area contributed by atoms with Crippen molar-refractivity contribution in [1.82, 2.24) is 14.8 Å². The summed E-state index contributed by atoms with van der Waals surface area (Å²) in [5.41, 5.74) is 3.39. The van der Waals surface area contributed by atoms with Crippen molar-refractivity contribution in [2.45, 2.75) is 57.2 Å². The van der Waals surface area contributed by atoms with Gasteiger partial charge in [-0.1, -0.05) is 84.2 Å². The van der Waals surface area contributed by atoms with Crippen LogP contribution in [0.5, 0.6) is 11.5 Å². The van der Waals surface area contributed by atoms with Gasteiger partial charge in [0.05, 0.1) is 23.3 Å². The van der Waals surface area contributed by atoms with Gasteiger partial charge in [-0.05, 0) is 77.7 Å². The molecule has 2 heterocycles. The first kappa shape index (κ1) is 34.4. The van der Waals surface area contributed by atoms with Crippen LogP contribution in [0.4, 0.5) is 5.95 Å². The van der Waals surface area contributed by atoms with E-state index in [1.807, 2.05) is 57.2 Å². The van der Waals surface area contributed by atoms with E-state index in [4.69, 9.17) is 59.1 Å². The fraction of sp³-hybridized carbons (Fsp3) is 0.303. The summed E-state index contributed by atoms with van der Waals surface area (Å²) in [6, 6.07) is 16.0. The van der Waals surface area contributed by atoms with E-state index in [0.717, 1.165) is 24.0 Å². The third-order valence-corrected chi connectivity index (χ3v) is 9.72. The van der Waals surface area contributed by atoms with Gasteiger partial charge in [0.15, 0.2) is 11.5 Å². The second kappa shape index (κ2) is 15.8. The van der Waals surface area contributed by atoms with Crippen molar-refractivity contribution in [3.63, 3.8) is 0 Å². The van der Waals surface area contributed by atoms with Crippen LogP contribution in [0.1, 0.15) is 56.3 Å². The number of carbonyl (C=O) groups is 1. The molecule has 1 aliphatic rings. The molecule has 242 valence electrons. The molecule has 1 atom stereocenters. The van der Waals surface area contributed by atoms with E-state index in [0.29, 0.717) is 77.9 Å². The zero-order chi connectivity index (χ0) is 32.8. The number of nitrogens with one attached hydrogen (secondary N) is 1. The Bertz CT molecular complexity index is 1750. The van der Waals surface area contributed by atoms with Gasteiger partial charge in [0.2, 0.25) is 11.1 Å². The number of carbonyl (C=O) groups excluding carboxylic acids is 1. The van der Waals surface area contributed by atoms with E-state index in [-0.39, 0.29) is 6.61 Å². The molecule has 46 heavy (non-hydrogen) atoms. The topological polar surface area (TPSA) is 87.5 Å². The van der Waals surface area contributed by atoms with Crippen molar-refractivity contribution in [2.75, 3.05) is 18.5 Å². The highest BCUT2D eigenvalue weighted by molar-refractivity contribution is 9.10. The molecule has 0 saturated heterocycles. The molecule has 0 saturated carbocycles. The number of unbranched alkanes of at least 4 members (excludes halogenated alkanes) is 1. The van der Waals surface area contributed by atoms with E-state index < -0.39 is 12.0 Å². The number of ether oxygens (including phenoxy) is 3. The highest BCUT2D eigenvalue weighted by Gasteiger charge is 2.36. The van der Waals surface area contributed by atoms with Crippen molar-refractivity contribution in [3.05, 3.63) is 102 Å². The molecule has 13 heteroatoms. The van der Waals surface area contributed by atoms with Crippen LogP contribution in [0.25, 0.3) is 0 Å². The van der Waals surface area contributed by atoms with E-state index in [1.165, 1.54) is 11.8 Å². The van der Waals surface area contributed by atoms with Crippen molar-refractivity contribution in [1.29, 1.82) is 0 Å². The highest BCUT2D eigenvalue weighted by Crippen LogP contribution is 2.44. The minimum absolute atomic E-state index is 0.122. The van der Waals surface area contributed by atoms with Crippen LogP contribution in [-0.2, 0) is 21.9 Å². The summed E-state index contributed by atoms with van der Waals surface area (Å²) in [7, 11) is 0. The summed E-state index contributed by atoms with van der Waals surface area (Å²) >= 11 is 24.3. The number of aromatic nitrogens is 3. The van der Waals surface area contributed by atoms with Crippen LogP contribution in [0, 0.1) is 0 Å². The number of hydrogen-bond acceptors (Lipinski definition) is 8. The van der Waals surface area contributed by atoms with Crippen LogP contribution < -0.4 is 14.8 Å². The van der Waals surface area contributed by atoms with Gasteiger partial charge < -0.3 is 19.5 Å². The minimum atomic E-state index is -0.671. The zero-order valence-corrected chi connectivity index (χ0v) is 30.1. The standard InChI is InChI=1S/C33H32BrCl3N4O4S/c1-4-6-14-44-31(42)28-19(3)38-32-39-33(46-18-20-10-7-8-11-24(20)35)40-41(32)29(28)21-15-23(34)30(27(16-21)43-5-2)45-17-22-25(36)12-9-13-26(22)37/h7-13,15-16,29H,4-6,14,17-18H2,1-3H3,(H,38,39,40). The number of rotatable bonds is 13. The van der Waals surface area contributed by atoms with Gasteiger partial charge in [-0.3, -0.25) is 0 Å². The monoisotopic (exact) mass is 764 g/mol. The van der Waals surface area contributed by atoms with Crippen molar-refractivity contribution >= 4 is 74.4 Å². The second-order valence-electron chi connectivity index (χ2n) is 10.4. The van der Waals surface area contributed by atoms with Gasteiger partial charge in [0.25, 0.3) is 0 Å². The largest absolute Gasteiger partial charge is 0.490 e. The maximum absolute atomic E-state index is 13.6. The molecule has 0 radical (unpaired) electrons. The van der Waals surface area contributed by atoms with Crippen LogP contribution in [0.15, 0.2) is 75.5 Å². The molecule has 0 aliphatic carbocycles. The first-order chi connectivity index (χ1) is 22.2. The lowest BCUT2D eigenvalue weighted by molar-refractivity contribution is -0.139. The number of nitrogens with zero attached hydrogens (tertiary/aromatic N) is 3. The number of esters is 1. The summed E-state index contributed by atoms with van der Waals surface area (Å²) in [5, 5.41) is 10.3. The molecule has 1 unspecified atom stereocenters. The Balaban J connectivity index is 1.53. The first-order valence-corrected chi connectivity index (χ1v) is 17.6. The molecule has 0 fully saturated rings. The molecule has 1 N–H and O–H groups in total. The molecular formula is C33H32BrCl3N4O4S. The third-order valence-electron chi connectivity index (χ3n) is 7.17. The lowest BCUT2D eigenvalue weighted by atomic mass is 9.95. The van der Waals surface area contributed by atoms with E-state index >= 15 is 0 Å². The van der Waals surface area contributed by atoms with E-state index in [2.05, 4.69) is 21.2 Å². The smallest absolute Gasteiger partial charge is 0.338 e. The molecule has 4 aromatic rings. The minimum Gasteiger partial charge on any atom is -0.490 e. The van der Waals surface area contributed by atoms with Gasteiger partial charge in [0.1, 0.15) is 12.6 Å². The Morgan fingerprint density at radius 3 is 2.50 bits per heavy atom. The second-order valence-corrected chi connectivity index (χ2v) is 13.4. The number of fused-ring (bicyclic) bond motifs is 1. The molecule has 1 aliphatic heterocycles. The quantitative estimate of drug-likeness (QED) is 0.0818. The lowest BCUT2D eigenvalue weighted by Crippen LogP contribution is -2.30. The lowest BCUT2D eigenvalue weighted by Gasteiger charge is -2.29. The van der Waals surface area contributed by atoms with Crippen LogP contribution >= 0.6 is 62.5 Å². The SMILES string of the molecule is CCCCOC(=O)C1=C(C)Nc2nc(SCc3ccccc3Cl)nn2C1c1cc(Br)c(OCc2c(Cl)cccc2Cl)c(OCC)c1. The van der Waals surface area contributed by atoms with E-state index in [1.54, 1.807) is 22.9 Å². The van der Waals surface area contributed by atoms with Gasteiger partial charge in [-0.15, -0.1) is 5.10 Å². The fourth-order valence-corrected chi connectivity index (χ4v) is 7.07. The maximum Gasteiger partial charge on any atom is 0.338 e. The summed E-state index contributed by atoms with van der Waals surface area (Å²) in [6.07, 6.45) is 1.66. The van der Waals surface area contributed by atoms with Gasteiger partial charge in [0, 0.05) is 32.1 Å². The number of allylic oxidation sites excluding steroid dienone is 1. The van der Waals surface area contributed by atoms with Crippen LogP contribution in [0.2, 0.25) is 15.1 Å². The number of hydrogen-bond donors (Lipinski definition) is 1. The maximum atomic E-state index is 13.6. The summed E-state index contributed by atoms with van der Waals surface area (Å²) < 4.78 is 20.3. The molecule has 0 bridgehead atoms. The Kier molecular flexibility index (Phi) is 11.8. The first-order valence-electron chi connectivity index (χ1n) is 14.7. The molecule has 1 aromatic heterocycles. The Hall–Kier alpha value is -2.89. The third kappa shape index (κ3) is 7.80. The molecule has 0 spiro atoms. The normalized spacial score (nSPS) is 14.1. The average molecular weight is 767 g/mol.